The maximum absolute atomic E-state index is 6.23. The van der Waals surface area contributed by atoms with E-state index in [1.165, 1.54) is 11.1 Å². The van der Waals surface area contributed by atoms with Gasteiger partial charge in [0.25, 0.3) is 0 Å². The third-order valence-electron chi connectivity index (χ3n) is 3.90. The molecule has 2 unspecified atom stereocenters. The number of hydrogen-bond acceptors (Lipinski definition) is 2. The molecule has 0 bridgehead atoms. The Balaban J connectivity index is 2.21. The molecule has 0 spiro atoms. The Morgan fingerprint density at radius 1 is 1.29 bits per heavy atom. The zero-order chi connectivity index (χ0) is 12.4. The van der Waals surface area contributed by atoms with Gasteiger partial charge in [-0.3, -0.25) is 4.90 Å². The van der Waals surface area contributed by atoms with Crippen molar-refractivity contribution in [2.45, 2.75) is 45.2 Å². The number of benzene rings is 1. The predicted octanol–water partition coefficient (Wildman–Crippen LogP) is 2.90. The highest BCUT2D eigenvalue weighted by atomic mass is 15.2. The van der Waals surface area contributed by atoms with Crippen molar-refractivity contribution in [3.05, 3.63) is 35.4 Å². The van der Waals surface area contributed by atoms with E-state index in [0.717, 1.165) is 19.5 Å². The molecule has 0 saturated carbocycles. The van der Waals surface area contributed by atoms with Gasteiger partial charge in [0.2, 0.25) is 0 Å². The molecule has 1 aromatic rings. The van der Waals surface area contributed by atoms with Crippen LogP contribution in [0.3, 0.4) is 0 Å². The van der Waals surface area contributed by atoms with Crippen LogP contribution in [0.5, 0.6) is 0 Å². The van der Waals surface area contributed by atoms with Gasteiger partial charge in [-0.25, -0.2) is 0 Å². The summed E-state index contributed by atoms with van der Waals surface area (Å²) in [5.41, 5.74) is 9.02. The molecule has 2 heteroatoms. The van der Waals surface area contributed by atoms with Gasteiger partial charge in [-0.2, -0.15) is 0 Å². The number of likely N-dealkylation sites (N-methyl/N-ethyl adjacent to an activating group) is 1. The predicted molar refractivity (Wildman–Crippen MR) is 73.1 cm³/mol. The summed E-state index contributed by atoms with van der Waals surface area (Å²) in [7, 11) is 0. The van der Waals surface area contributed by atoms with E-state index in [-0.39, 0.29) is 0 Å². The average molecular weight is 232 g/mol. The molecule has 1 aromatic carbocycles. The Morgan fingerprint density at radius 2 is 1.94 bits per heavy atom. The molecule has 94 valence electrons. The van der Waals surface area contributed by atoms with E-state index in [1.807, 2.05) is 0 Å². The molecule has 2 N–H and O–H groups in total. The number of likely N-dealkylation sites (tertiary alicyclic amines) is 1. The van der Waals surface area contributed by atoms with Crippen LogP contribution in [0.1, 0.15) is 50.3 Å². The summed E-state index contributed by atoms with van der Waals surface area (Å²) >= 11 is 0. The Kier molecular flexibility index (Phi) is 3.85. The largest absolute Gasteiger partial charge is 0.326 e. The quantitative estimate of drug-likeness (QED) is 0.868. The zero-order valence-corrected chi connectivity index (χ0v) is 11.2. The van der Waals surface area contributed by atoms with Crippen molar-refractivity contribution in [3.63, 3.8) is 0 Å². The van der Waals surface area contributed by atoms with Crippen LogP contribution < -0.4 is 5.73 Å². The van der Waals surface area contributed by atoms with Crippen LogP contribution >= 0.6 is 0 Å². The van der Waals surface area contributed by atoms with Crippen LogP contribution in [0, 0.1) is 0 Å². The number of nitrogens with two attached hydrogens (primary N) is 1. The van der Waals surface area contributed by atoms with Gasteiger partial charge >= 0.3 is 0 Å². The van der Waals surface area contributed by atoms with E-state index < -0.39 is 0 Å². The molecule has 0 radical (unpaired) electrons. The maximum Gasteiger partial charge on any atom is 0.0499 e. The second kappa shape index (κ2) is 5.19. The lowest BCUT2D eigenvalue weighted by Crippen LogP contribution is -2.31. The first-order valence-electron chi connectivity index (χ1n) is 6.73. The molecule has 1 heterocycles. The van der Waals surface area contributed by atoms with Crippen molar-refractivity contribution in [2.75, 3.05) is 13.1 Å². The molecule has 0 amide bonds. The molecule has 1 aliphatic rings. The molecule has 1 fully saturated rings. The fourth-order valence-electron chi connectivity index (χ4n) is 2.77. The molecule has 1 aliphatic heterocycles. The van der Waals surface area contributed by atoms with Crippen molar-refractivity contribution in [1.82, 2.24) is 4.90 Å². The molecule has 2 rings (SSSR count). The molecule has 0 aliphatic carbocycles. The Morgan fingerprint density at radius 3 is 2.47 bits per heavy atom. The van der Waals surface area contributed by atoms with Crippen molar-refractivity contribution in [1.29, 1.82) is 0 Å². The van der Waals surface area contributed by atoms with E-state index in [4.69, 9.17) is 5.73 Å². The average Bonchev–Trinajstić information content (AvgIpc) is 2.70. The topological polar surface area (TPSA) is 29.3 Å². The minimum Gasteiger partial charge on any atom is -0.326 e. The van der Waals surface area contributed by atoms with Crippen LogP contribution in [-0.2, 0) is 0 Å². The van der Waals surface area contributed by atoms with Gasteiger partial charge in [-0.15, -0.1) is 0 Å². The summed E-state index contributed by atoms with van der Waals surface area (Å²) in [6.07, 6.45) is 1.12. The number of nitrogens with zero attached hydrogens (tertiary/aromatic N) is 1. The number of rotatable bonds is 3. The van der Waals surface area contributed by atoms with Gasteiger partial charge in [-0.1, -0.05) is 45.0 Å². The van der Waals surface area contributed by atoms with Crippen LogP contribution in [0.15, 0.2) is 24.3 Å². The lowest BCUT2D eigenvalue weighted by molar-refractivity contribution is 0.261. The summed E-state index contributed by atoms with van der Waals surface area (Å²) in [5.74, 6) is 0.601. The SMILES string of the molecule is CCN1CCC(N)C1c1ccc(C(C)C)cc1. The Labute approximate surface area is 105 Å². The van der Waals surface area contributed by atoms with Gasteiger partial charge in [0.05, 0.1) is 0 Å². The first kappa shape index (κ1) is 12.6. The highest BCUT2D eigenvalue weighted by Crippen LogP contribution is 2.31. The van der Waals surface area contributed by atoms with Crippen LogP contribution in [-0.4, -0.2) is 24.0 Å². The molecule has 2 nitrogen and oxygen atoms in total. The van der Waals surface area contributed by atoms with E-state index in [2.05, 4.69) is 49.9 Å². The lowest BCUT2D eigenvalue weighted by atomic mass is 9.96. The van der Waals surface area contributed by atoms with Crippen LogP contribution in [0.2, 0.25) is 0 Å². The molecule has 0 aromatic heterocycles. The summed E-state index contributed by atoms with van der Waals surface area (Å²) in [6, 6.07) is 9.72. The lowest BCUT2D eigenvalue weighted by Gasteiger charge is -2.26. The number of hydrogen-bond donors (Lipinski definition) is 1. The van der Waals surface area contributed by atoms with E-state index in [0.29, 0.717) is 18.0 Å². The van der Waals surface area contributed by atoms with Crippen molar-refractivity contribution >= 4 is 0 Å². The Hall–Kier alpha value is -0.860. The second-order valence-electron chi connectivity index (χ2n) is 5.35. The van der Waals surface area contributed by atoms with Gasteiger partial charge < -0.3 is 5.73 Å². The fourth-order valence-corrected chi connectivity index (χ4v) is 2.77. The van der Waals surface area contributed by atoms with E-state index in [9.17, 15) is 0 Å². The zero-order valence-electron chi connectivity index (χ0n) is 11.2. The normalized spacial score (nSPS) is 25.7. The minimum atomic E-state index is 0.292. The van der Waals surface area contributed by atoms with Gasteiger partial charge in [-0.05, 0) is 30.0 Å². The van der Waals surface area contributed by atoms with Crippen LogP contribution in [0.4, 0.5) is 0 Å². The minimum absolute atomic E-state index is 0.292. The molecular weight excluding hydrogens is 208 g/mol. The highest BCUT2D eigenvalue weighted by molar-refractivity contribution is 5.28. The second-order valence-corrected chi connectivity index (χ2v) is 5.35. The smallest absolute Gasteiger partial charge is 0.0499 e. The summed E-state index contributed by atoms with van der Waals surface area (Å²) < 4.78 is 0. The van der Waals surface area contributed by atoms with Crippen LogP contribution in [0.25, 0.3) is 0 Å². The standard InChI is InChI=1S/C15H24N2/c1-4-17-10-9-14(16)15(17)13-7-5-12(6-8-13)11(2)3/h5-8,11,14-15H,4,9-10,16H2,1-3H3. The van der Waals surface area contributed by atoms with E-state index >= 15 is 0 Å². The van der Waals surface area contributed by atoms with E-state index in [1.54, 1.807) is 0 Å². The molecular formula is C15H24N2. The summed E-state index contributed by atoms with van der Waals surface area (Å²) in [6.45, 7) is 8.90. The Bertz CT molecular complexity index is 356. The van der Waals surface area contributed by atoms with Crippen molar-refractivity contribution in [3.8, 4) is 0 Å². The monoisotopic (exact) mass is 232 g/mol. The first-order chi connectivity index (χ1) is 8.13. The maximum atomic E-state index is 6.23. The third kappa shape index (κ3) is 2.53. The third-order valence-corrected chi connectivity index (χ3v) is 3.90. The summed E-state index contributed by atoms with van der Waals surface area (Å²) in [5, 5.41) is 0. The van der Waals surface area contributed by atoms with Gasteiger partial charge in [0.15, 0.2) is 0 Å². The van der Waals surface area contributed by atoms with Gasteiger partial charge in [0.1, 0.15) is 0 Å². The van der Waals surface area contributed by atoms with Crippen molar-refractivity contribution < 1.29 is 0 Å². The highest BCUT2D eigenvalue weighted by Gasteiger charge is 2.31. The first-order valence-corrected chi connectivity index (χ1v) is 6.73. The van der Waals surface area contributed by atoms with Crippen molar-refractivity contribution in [2.24, 2.45) is 5.73 Å². The van der Waals surface area contributed by atoms with Gasteiger partial charge in [0, 0.05) is 18.6 Å². The fraction of sp³-hybridized carbons (Fsp3) is 0.600. The molecule has 2 atom stereocenters. The summed E-state index contributed by atoms with van der Waals surface area (Å²) in [4.78, 5) is 2.48. The molecule has 17 heavy (non-hydrogen) atoms. The molecule has 1 saturated heterocycles.